The second kappa shape index (κ2) is 8.93. The van der Waals surface area contributed by atoms with Gasteiger partial charge in [0.1, 0.15) is 5.82 Å². The Morgan fingerprint density at radius 3 is 2.58 bits per heavy atom. The monoisotopic (exact) mass is 449 g/mol. The molecule has 5 rings (SSSR count). The highest BCUT2D eigenvalue weighted by atomic mass is 19.1. The topological polar surface area (TPSA) is 79.8 Å². The maximum atomic E-state index is 13.2. The molecule has 3 aromatic rings. The summed E-state index contributed by atoms with van der Waals surface area (Å²) in [5.41, 5.74) is 3.10. The van der Waals surface area contributed by atoms with Gasteiger partial charge in [0.25, 0.3) is 5.91 Å². The molecule has 3 heterocycles. The van der Waals surface area contributed by atoms with Crippen molar-refractivity contribution in [2.24, 2.45) is 0 Å². The molecule has 1 amide bonds. The Balaban J connectivity index is 1.18. The highest BCUT2D eigenvalue weighted by Crippen LogP contribution is 2.32. The highest BCUT2D eigenvalue weighted by Gasteiger charge is 2.24. The molecule has 8 nitrogen and oxygen atoms in total. The highest BCUT2D eigenvalue weighted by molar-refractivity contribution is 5.95. The molecule has 2 aromatic carbocycles. The van der Waals surface area contributed by atoms with Crippen LogP contribution in [0.15, 0.2) is 48.7 Å². The minimum atomic E-state index is -0.253. The molecular formula is C24H24FN5O3. The minimum Gasteiger partial charge on any atom is -0.454 e. The molecule has 2 aliphatic heterocycles. The van der Waals surface area contributed by atoms with E-state index in [4.69, 9.17) is 9.47 Å². The SMILES string of the molecule is Cc1nc(NCc2ccc3c(c2)OCO3)ncc1C(=O)N1CCN(c2ccc(F)cc2)CC1. The number of nitrogens with zero attached hydrogens (tertiary/aromatic N) is 4. The van der Waals surface area contributed by atoms with Crippen LogP contribution in [0.5, 0.6) is 11.5 Å². The van der Waals surface area contributed by atoms with Gasteiger partial charge in [0.2, 0.25) is 12.7 Å². The van der Waals surface area contributed by atoms with Gasteiger partial charge in [-0.3, -0.25) is 4.79 Å². The molecule has 0 spiro atoms. The van der Waals surface area contributed by atoms with Crippen molar-refractivity contribution < 1.29 is 18.7 Å². The van der Waals surface area contributed by atoms with Gasteiger partial charge < -0.3 is 24.6 Å². The van der Waals surface area contributed by atoms with Gasteiger partial charge in [0.15, 0.2) is 11.5 Å². The van der Waals surface area contributed by atoms with Gasteiger partial charge in [0.05, 0.1) is 11.3 Å². The van der Waals surface area contributed by atoms with E-state index in [9.17, 15) is 9.18 Å². The summed E-state index contributed by atoms with van der Waals surface area (Å²) < 4.78 is 23.9. The number of ether oxygens (including phenoxy) is 2. The molecule has 0 radical (unpaired) electrons. The van der Waals surface area contributed by atoms with Crippen LogP contribution in [0.4, 0.5) is 16.0 Å². The third kappa shape index (κ3) is 4.52. The predicted molar refractivity (Wildman–Crippen MR) is 121 cm³/mol. The number of carbonyl (C=O) groups excluding carboxylic acids is 1. The van der Waals surface area contributed by atoms with Crippen LogP contribution >= 0.6 is 0 Å². The van der Waals surface area contributed by atoms with Gasteiger partial charge in [-0.1, -0.05) is 6.07 Å². The van der Waals surface area contributed by atoms with Crippen LogP contribution < -0.4 is 19.7 Å². The van der Waals surface area contributed by atoms with E-state index >= 15 is 0 Å². The number of aromatic nitrogens is 2. The Hall–Kier alpha value is -3.88. The zero-order valence-corrected chi connectivity index (χ0v) is 18.3. The first-order chi connectivity index (χ1) is 16.1. The Kier molecular flexibility index (Phi) is 5.68. The van der Waals surface area contributed by atoms with Crippen molar-refractivity contribution in [2.45, 2.75) is 13.5 Å². The summed E-state index contributed by atoms with van der Waals surface area (Å²) in [6, 6.07) is 12.2. The van der Waals surface area contributed by atoms with E-state index in [1.54, 1.807) is 18.3 Å². The zero-order chi connectivity index (χ0) is 22.8. The Morgan fingerprint density at radius 1 is 1.06 bits per heavy atom. The molecule has 2 aliphatic rings. The Bertz CT molecular complexity index is 1160. The fraction of sp³-hybridized carbons (Fsp3) is 0.292. The lowest BCUT2D eigenvalue weighted by Gasteiger charge is -2.36. The van der Waals surface area contributed by atoms with Crippen molar-refractivity contribution >= 4 is 17.5 Å². The molecule has 0 saturated carbocycles. The molecule has 33 heavy (non-hydrogen) atoms. The smallest absolute Gasteiger partial charge is 0.257 e. The first-order valence-electron chi connectivity index (χ1n) is 10.8. The van der Waals surface area contributed by atoms with Gasteiger partial charge in [-0.15, -0.1) is 0 Å². The molecule has 1 saturated heterocycles. The van der Waals surface area contributed by atoms with Gasteiger partial charge in [-0.05, 0) is 48.9 Å². The lowest BCUT2D eigenvalue weighted by Crippen LogP contribution is -2.49. The fourth-order valence-electron chi connectivity index (χ4n) is 3.98. The van der Waals surface area contributed by atoms with E-state index < -0.39 is 0 Å². The standard InChI is InChI=1S/C24H24FN5O3/c1-16-20(23(31)30-10-8-29(9-11-30)19-5-3-18(25)4-6-19)14-27-24(28-16)26-13-17-2-7-21-22(12-17)33-15-32-21/h2-7,12,14H,8-11,13,15H2,1H3,(H,26,27,28). The number of carbonyl (C=O) groups is 1. The summed E-state index contributed by atoms with van der Waals surface area (Å²) in [7, 11) is 0. The maximum absolute atomic E-state index is 13.2. The lowest BCUT2D eigenvalue weighted by molar-refractivity contribution is 0.0745. The Morgan fingerprint density at radius 2 is 1.82 bits per heavy atom. The molecule has 1 N–H and O–H groups in total. The van der Waals surface area contributed by atoms with Crippen LogP contribution in [0.2, 0.25) is 0 Å². The quantitative estimate of drug-likeness (QED) is 0.641. The van der Waals surface area contributed by atoms with E-state index in [1.165, 1.54) is 12.1 Å². The first-order valence-corrected chi connectivity index (χ1v) is 10.8. The van der Waals surface area contributed by atoms with Crippen molar-refractivity contribution in [3.05, 3.63) is 71.3 Å². The van der Waals surface area contributed by atoms with Crippen LogP contribution in [0.3, 0.4) is 0 Å². The summed E-state index contributed by atoms with van der Waals surface area (Å²) in [6.45, 7) is 5.12. The molecular weight excluding hydrogens is 425 g/mol. The summed E-state index contributed by atoms with van der Waals surface area (Å²) in [4.78, 5) is 25.8. The summed E-state index contributed by atoms with van der Waals surface area (Å²) in [5.74, 6) is 1.60. The van der Waals surface area contributed by atoms with Crippen molar-refractivity contribution in [3.8, 4) is 11.5 Å². The van der Waals surface area contributed by atoms with Gasteiger partial charge in [0, 0.05) is 44.6 Å². The second-order valence-corrected chi connectivity index (χ2v) is 7.99. The van der Waals surface area contributed by atoms with Crippen LogP contribution in [-0.2, 0) is 6.54 Å². The van der Waals surface area contributed by atoms with Gasteiger partial charge in [-0.25, -0.2) is 14.4 Å². The van der Waals surface area contributed by atoms with Crippen LogP contribution in [0.1, 0.15) is 21.6 Å². The largest absolute Gasteiger partial charge is 0.454 e. The number of hydrogen-bond donors (Lipinski definition) is 1. The average molecular weight is 449 g/mol. The minimum absolute atomic E-state index is 0.0754. The lowest BCUT2D eigenvalue weighted by atomic mass is 10.2. The van der Waals surface area contributed by atoms with Crippen molar-refractivity contribution in [1.82, 2.24) is 14.9 Å². The summed E-state index contributed by atoms with van der Waals surface area (Å²) in [5, 5.41) is 3.19. The number of aryl methyl sites for hydroxylation is 1. The molecule has 170 valence electrons. The summed E-state index contributed by atoms with van der Waals surface area (Å²) in [6.07, 6.45) is 1.58. The number of amides is 1. The van der Waals surface area contributed by atoms with Crippen molar-refractivity contribution in [3.63, 3.8) is 0 Å². The molecule has 0 bridgehead atoms. The maximum Gasteiger partial charge on any atom is 0.257 e. The predicted octanol–water partition coefficient (Wildman–Crippen LogP) is 3.23. The first kappa shape index (κ1) is 21.0. The number of rotatable bonds is 5. The zero-order valence-electron chi connectivity index (χ0n) is 18.3. The normalized spacial score (nSPS) is 15.0. The second-order valence-electron chi connectivity index (χ2n) is 7.99. The van der Waals surface area contributed by atoms with E-state index in [2.05, 4.69) is 20.2 Å². The van der Waals surface area contributed by atoms with E-state index in [1.807, 2.05) is 30.0 Å². The third-order valence-electron chi connectivity index (χ3n) is 5.86. The number of benzene rings is 2. The van der Waals surface area contributed by atoms with Crippen LogP contribution in [0, 0.1) is 12.7 Å². The van der Waals surface area contributed by atoms with Crippen molar-refractivity contribution in [1.29, 1.82) is 0 Å². The number of halogens is 1. The van der Waals surface area contributed by atoms with Gasteiger partial charge >= 0.3 is 0 Å². The average Bonchev–Trinajstić information content (AvgIpc) is 3.31. The molecule has 0 atom stereocenters. The number of hydrogen-bond acceptors (Lipinski definition) is 7. The molecule has 9 heteroatoms. The molecule has 1 aromatic heterocycles. The van der Waals surface area contributed by atoms with Crippen LogP contribution in [0.25, 0.3) is 0 Å². The van der Waals surface area contributed by atoms with Gasteiger partial charge in [-0.2, -0.15) is 0 Å². The molecule has 0 unspecified atom stereocenters. The number of anilines is 2. The van der Waals surface area contributed by atoms with E-state index in [0.29, 0.717) is 49.9 Å². The summed E-state index contributed by atoms with van der Waals surface area (Å²) >= 11 is 0. The van der Waals surface area contributed by atoms with Crippen LogP contribution in [-0.4, -0.2) is 53.7 Å². The number of piperazine rings is 1. The third-order valence-corrected chi connectivity index (χ3v) is 5.86. The Labute approximate surface area is 191 Å². The molecule has 0 aliphatic carbocycles. The van der Waals surface area contributed by atoms with Crippen molar-refractivity contribution in [2.75, 3.05) is 43.2 Å². The number of fused-ring (bicyclic) bond motifs is 1. The van der Waals surface area contributed by atoms with E-state index in [-0.39, 0.29) is 18.5 Å². The number of nitrogens with one attached hydrogen (secondary N) is 1. The fourth-order valence-corrected chi connectivity index (χ4v) is 3.98. The van der Waals surface area contributed by atoms with E-state index in [0.717, 1.165) is 22.7 Å². The molecule has 1 fully saturated rings.